The van der Waals surface area contributed by atoms with Gasteiger partial charge in [-0.05, 0) is 24.5 Å². The number of nitrogens with zero attached hydrogens (tertiary/aromatic N) is 1. The van der Waals surface area contributed by atoms with E-state index in [4.69, 9.17) is 0 Å². The summed E-state index contributed by atoms with van der Waals surface area (Å²) in [6.45, 7) is 0. The summed E-state index contributed by atoms with van der Waals surface area (Å²) in [6, 6.07) is 8.11. The van der Waals surface area contributed by atoms with Gasteiger partial charge < -0.3 is 4.90 Å². The Bertz CT molecular complexity index is 354. The Hall–Kier alpha value is -0.610. The average molecular weight is 225 g/mol. The third kappa shape index (κ3) is 1.91. The maximum Gasteiger partial charge on any atom is 0.237 e. The molecule has 2 nitrogen and oxygen atoms in total. The van der Waals surface area contributed by atoms with E-state index in [9.17, 15) is 4.79 Å². The highest BCUT2D eigenvalue weighted by Crippen LogP contribution is 2.27. The highest BCUT2D eigenvalue weighted by molar-refractivity contribution is 8.00. The molecule has 4 heteroatoms. The van der Waals surface area contributed by atoms with Crippen molar-refractivity contribution in [3.63, 3.8) is 0 Å². The molecule has 1 aromatic rings. The van der Waals surface area contributed by atoms with Gasteiger partial charge in [-0.2, -0.15) is 0 Å². The van der Waals surface area contributed by atoms with Crippen LogP contribution in [0, 0.1) is 0 Å². The molecule has 0 unspecified atom stereocenters. The molecule has 2 rings (SSSR count). The SMILES string of the molecule is CSc1cccc(N2CSCC2=O)c1. The minimum Gasteiger partial charge on any atom is -0.302 e. The minimum atomic E-state index is 0.216. The molecular weight excluding hydrogens is 214 g/mol. The van der Waals surface area contributed by atoms with Gasteiger partial charge in [0.15, 0.2) is 0 Å². The van der Waals surface area contributed by atoms with Crippen LogP contribution in [-0.2, 0) is 4.79 Å². The van der Waals surface area contributed by atoms with Crippen LogP contribution in [0.25, 0.3) is 0 Å². The second kappa shape index (κ2) is 4.28. The monoisotopic (exact) mass is 225 g/mol. The average Bonchev–Trinajstić information content (AvgIpc) is 2.65. The topological polar surface area (TPSA) is 20.3 Å². The summed E-state index contributed by atoms with van der Waals surface area (Å²) in [6.07, 6.45) is 2.04. The van der Waals surface area contributed by atoms with Crippen LogP contribution in [0.3, 0.4) is 0 Å². The molecule has 74 valence electrons. The lowest BCUT2D eigenvalue weighted by molar-refractivity contribution is -0.115. The summed E-state index contributed by atoms with van der Waals surface area (Å²) in [7, 11) is 0. The second-order valence-corrected chi connectivity index (χ2v) is 4.84. The summed E-state index contributed by atoms with van der Waals surface area (Å²) >= 11 is 3.37. The largest absolute Gasteiger partial charge is 0.302 e. The Balaban J connectivity index is 2.26. The van der Waals surface area contributed by atoms with Crippen molar-refractivity contribution in [2.45, 2.75) is 4.90 Å². The molecule has 1 saturated heterocycles. The Morgan fingerprint density at radius 2 is 2.36 bits per heavy atom. The zero-order chi connectivity index (χ0) is 9.97. The lowest BCUT2D eigenvalue weighted by Crippen LogP contribution is -2.24. The van der Waals surface area contributed by atoms with Gasteiger partial charge in [0, 0.05) is 10.6 Å². The van der Waals surface area contributed by atoms with Crippen molar-refractivity contribution in [2.24, 2.45) is 0 Å². The smallest absolute Gasteiger partial charge is 0.237 e. The van der Waals surface area contributed by atoms with E-state index in [1.54, 1.807) is 23.5 Å². The molecule has 0 aliphatic carbocycles. The fourth-order valence-corrected chi connectivity index (χ4v) is 2.72. The lowest BCUT2D eigenvalue weighted by atomic mass is 10.3. The molecule has 0 aromatic heterocycles. The van der Waals surface area contributed by atoms with Crippen molar-refractivity contribution < 1.29 is 4.79 Å². The minimum absolute atomic E-state index is 0.216. The number of benzene rings is 1. The molecule has 0 radical (unpaired) electrons. The van der Waals surface area contributed by atoms with E-state index in [0.29, 0.717) is 5.75 Å². The van der Waals surface area contributed by atoms with Crippen LogP contribution in [0.1, 0.15) is 0 Å². The van der Waals surface area contributed by atoms with Crippen molar-refractivity contribution in [3.8, 4) is 0 Å². The molecule has 0 atom stereocenters. The van der Waals surface area contributed by atoms with Crippen molar-refractivity contribution >= 4 is 35.1 Å². The van der Waals surface area contributed by atoms with Gasteiger partial charge in [-0.25, -0.2) is 0 Å². The summed E-state index contributed by atoms with van der Waals surface area (Å²) in [5.74, 6) is 1.62. The predicted octanol–water partition coefficient (Wildman–Crippen LogP) is 2.45. The van der Waals surface area contributed by atoms with Crippen LogP contribution in [-0.4, -0.2) is 23.8 Å². The first kappa shape index (κ1) is 9.93. The number of carbonyl (C=O) groups excluding carboxylic acids is 1. The molecular formula is C10H11NOS2. The van der Waals surface area contributed by atoms with Gasteiger partial charge >= 0.3 is 0 Å². The molecule has 0 saturated carbocycles. The number of thioether (sulfide) groups is 2. The zero-order valence-corrected chi connectivity index (χ0v) is 9.53. The number of hydrogen-bond donors (Lipinski definition) is 0. The van der Waals surface area contributed by atoms with Gasteiger partial charge in [-0.3, -0.25) is 4.79 Å². The molecule has 1 amide bonds. The van der Waals surface area contributed by atoms with E-state index in [2.05, 4.69) is 12.1 Å². The highest BCUT2D eigenvalue weighted by Gasteiger charge is 2.21. The van der Waals surface area contributed by atoms with Gasteiger partial charge in [0.05, 0.1) is 11.6 Å². The molecule has 1 aliphatic heterocycles. The number of rotatable bonds is 2. The first-order chi connectivity index (χ1) is 6.81. The highest BCUT2D eigenvalue weighted by atomic mass is 32.2. The van der Waals surface area contributed by atoms with Crippen molar-refractivity contribution in [1.29, 1.82) is 0 Å². The number of hydrogen-bond acceptors (Lipinski definition) is 3. The molecule has 14 heavy (non-hydrogen) atoms. The molecule has 1 aromatic carbocycles. The number of amides is 1. The molecule has 0 N–H and O–H groups in total. The second-order valence-electron chi connectivity index (χ2n) is 3.00. The molecule has 1 heterocycles. The van der Waals surface area contributed by atoms with Crippen molar-refractivity contribution in [2.75, 3.05) is 22.8 Å². The molecule has 0 spiro atoms. The normalized spacial score (nSPS) is 16.4. The lowest BCUT2D eigenvalue weighted by Gasteiger charge is -2.15. The Morgan fingerprint density at radius 1 is 1.50 bits per heavy atom. The Morgan fingerprint density at radius 3 is 3.00 bits per heavy atom. The third-order valence-electron chi connectivity index (χ3n) is 2.11. The van der Waals surface area contributed by atoms with Crippen LogP contribution in [0.5, 0.6) is 0 Å². The summed E-state index contributed by atoms with van der Waals surface area (Å²) in [4.78, 5) is 14.5. The first-order valence-electron chi connectivity index (χ1n) is 4.33. The van der Waals surface area contributed by atoms with Crippen LogP contribution >= 0.6 is 23.5 Å². The molecule has 0 bridgehead atoms. The molecule has 1 aliphatic rings. The Labute approximate surface area is 92.1 Å². The maximum absolute atomic E-state index is 11.5. The predicted molar refractivity (Wildman–Crippen MR) is 63.0 cm³/mol. The van der Waals surface area contributed by atoms with E-state index in [1.165, 1.54) is 4.90 Å². The first-order valence-corrected chi connectivity index (χ1v) is 6.71. The van der Waals surface area contributed by atoms with Gasteiger partial charge in [0.1, 0.15) is 0 Å². The van der Waals surface area contributed by atoms with Gasteiger partial charge in [-0.15, -0.1) is 23.5 Å². The van der Waals surface area contributed by atoms with Crippen molar-refractivity contribution in [1.82, 2.24) is 0 Å². The Kier molecular flexibility index (Phi) is 3.03. The fraction of sp³-hybridized carbons (Fsp3) is 0.300. The molecule has 1 fully saturated rings. The van der Waals surface area contributed by atoms with Crippen LogP contribution < -0.4 is 4.90 Å². The van der Waals surface area contributed by atoms with E-state index in [-0.39, 0.29) is 5.91 Å². The quantitative estimate of drug-likeness (QED) is 0.721. The van der Waals surface area contributed by atoms with E-state index >= 15 is 0 Å². The summed E-state index contributed by atoms with van der Waals surface area (Å²) < 4.78 is 0. The summed E-state index contributed by atoms with van der Waals surface area (Å²) in [5, 5.41) is 0. The van der Waals surface area contributed by atoms with E-state index in [1.807, 2.05) is 23.3 Å². The van der Waals surface area contributed by atoms with Gasteiger partial charge in [-0.1, -0.05) is 6.07 Å². The van der Waals surface area contributed by atoms with Crippen molar-refractivity contribution in [3.05, 3.63) is 24.3 Å². The van der Waals surface area contributed by atoms with E-state index in [0.717, 1.165) is 11.6 Å². The number of carbonyl (C=O) groups is 1. The maximum atomic E-state index is 11.5. The van der Waals surface area contributed by atoms with Crippen LogP contribution in [0.4, 0.5) is 5.69 Å². The third-order valence-corrected chi connectivity index (χ3v) is 3.73. The van der Waals surface area contributed by atoms with Gasteiger partial charge in [0.2, 0.25) is 5.91 Å². The van der Waals surface area contributed by atoms with E-state index < -0.39 is 0 Å². The standard InChI is InChI=1S/C10H11NOS2/c1-13-9-4-2-3-8(5-9)11-7-14-6-10(11)12/h2-5H,6-7H2,1H3. The van der Waals surface area contributed by atoms with Crippen LogP contribution in [0.15, 0.2) is 29.2 Å². The van der Waals surface area contributed by atoms with Gasteiger partial charge in [0.25, 0.3) is 0 Å². The fourth-order valence-electron chi connectivity index (χ4n) is 1.37. The number of anilines is 1. The van der Waals surface area contributed by atoms with Crippen LogP contribution in [0.2, 0.25) is 0 Å². The zero-order valence-electron chi connectivity index (χ0n) is 7.90. The summed E-state index contributed by atoms with van der Waals surface area (Å²) in [5.41, 5.74) is 1.02.